The van der Waals surface area contributed by atoms with Gasteiger partial charge in [0.25, 0.3) is 0 Å². The van der Waals surface area contributed by atoms with Crippen LogP contribution in [0.2, 0.25) is 0 Å². The lowest BCUT2D eigenvalue weighted by Gasteiger charge is -2.18. The van der Waals surface area contributed by atoms with Gasteiger partial charge in [-0.15, -0.1) is 11.8 Å². The minimum atomic E-state index is -2.88. The van der Waals surface area contributed by atoms with Crippen molar-refractivity contribution >= 4 is 43.5 Å². The molecule has 1 fully saturated rings. The Morgan fingerprint density at radius 3 is 2.70 bits per heavy atom. The van der Waals surface area contributed by atoms with E-state index in [4.69, 9.17) is 0 Å². The van der Waals surface area contributed by atoms with Crippen molar-refractivity contribution in [1.29, 1.82) is 0 Å². The van der Waals surface area contributed by atoms with Gasteiger partial charge in [0.05, 0.1) is 11.5 Å². The average molecular weight is 420 g/mol. The van der Waals surface area contributed by atoms with Gasteiger partial charge in [0.2, 0.25) is 0 Å². The molecule has 1 aromatic carbocycles. The Balaban J connectivity index is 1.77. The molecule has 0 aromatic heterocycles. The van der Waals surface area contributed by atoms with Gasteiger partial charge in [-0.2, -0.15) is 0 Å². The molecule has 2 N–H and O–H groups in total. The molecule has 2 unspecified atom stereocenters. The van der Waals surface area contributed by atoms with Gasteiger partial charge in [-0.25, -0.2) is 8.42 Å². The third-order valence-corrected chi connectivity index (χ3v) is 6.91. The van der Waals surface area contributed by atoms with E-state index < -0.39 is 9.84 Å². The number of benzene rings is 1. The van der Waals surface area contributed by atoms with Crippen molar-refractivity contribution in [3.8, 4) is 0 Å². The molecule has 128 valence electrons. The summed E-state index contributed by atoms with van der Waals surface area (Å²) in [5.41, 5.74) is 0. The molecule has 23 heavy (non-hydrogen) atoms. The smallest absolute Gasteiger partial charge is 0.191 e. The molecule has 0 aliphatic carbocycles. The predicted molar refractivity (Wildman–Crippen MR) is 101 cm³/mol. The van der Waals surface area contributed by atoms with Crippen LogP contribution in [0.5, 0.6) is 0 Å². The summed E-state index contributed by atoms with van der Waals surface area (Å²) in [6.45, 7) is 2.90. The van der Waals surface area contributed by atoms with Crippen LogP contribution in [0.3, 0.4) is 0 Å². The van der Waals surface area contributed by atoms with E-state index in [2.05, 4.69) is 50.6 Å². The molecule has 1 aliphatic rings. The number of hydrogen-bond donors (Lipinski definition) is 2. The third-order valence-electron chi connectivity index (χ3n) is 3.50. The SMILES string of the molecule is CN=C(NCC(C)Sc1ccc(Br)cc1)NC1CCS(=O)(=O)C1. The van der Waals surface area contributed by atoms with Crippen LogP contribution < -0.4 is 10.6 Å². The third kappa shape index (κ3) is 6.35. The van der Waals surface area contributed by atoms with E-state index in [1.807, 2.05) is 12.1 Å². The summed E-state index contributed by atoms with van der Waals surface area (Å²) in [5.74, 6) is 1.12. The summed E-state index contributed by atoms with van der Waals surface area (Å²) in [6.07, 6.45) is 0.645. The van der Waals surface area contributed by atoms with Gasteiger partial charge in [-0.1, -0.05) is 22.9 Å². The Labute approximate surface area is 150 Å². The lowest BCUT2D eigenvalue weighted by atomic mass is 10.3. The monoisotopic (exact) mass is 419 g/mol. The second-order valence-electron chi connectivity index (χ2n) is 5.58. The fourth-order valence-corrected chi connectivity index (χ4v) is 5.19. The minimum Gasteiger partial charge on any atom is -0.355 e. The van der Waals surface area contributed by atoms with Gasteiger partial charge < -0.3 is 10.6 Å². The molecular formula is C15H22BrN3O2S2. The van der Waals surface area contributed by atoms with Crippen molar-refractivity contribution in [2.45, 2.75) is 29.5 Å². The molecule has 1 aliphatic heterocycles. The lowest BCUT2D eigenvalue weighted by molar-refractivity contribution is 0.599. The maximum atomic E-state index is 11.5. The van der Waals surface area contributed by atoms with E-state index >= 15 is 0 Å². The Morgan fingerprint density at radius 2 is 2.13 bits per heavy atom. The highest BCUT2D eigenvalue weighted by atomic mass is 79.9. The molecule has 0 bridgehead atoms. The zero-order valence-electron chi connectivity index (χ0n) is 13.3. The highest BCUT2D eigenvalue weighted by Crippen LogP contribution is 2.24. The van der Waals surface area contributed by atoms with E-state index in [1.165, 1.54) is 4.90 Å². The van der Waals surface area contributed by atoms with Crippen LogP contribution in [-0.2, 0) is 9.84 Å². The number of sulfone groups is 1. The molecule has 1 saturated heterocycles. The highest BCUT2D eigenvalue weighted by molar-refractivity contribution is 9.10. The number of guanidine groups is 1. The first-order valence-corrected chi connectivity index (χ1v) is 11.0. The van der Waals surface area contributed by atoms with Crippen molar-refractivity contribution in [2.24, 2.45) is 4.99 Å². The van der Waals surface area contributed by atoms with Crippen LogP contribution in [0.1, 0.15) is 13.3 Å². The summed E-state index contributed by atoms with van der Waals surface area (Å²) in [6, 6.07) is 8.19. The first-order chi connectivity index (χ1) is 10.9. The van der Waals surface area contributed by atoms with E-state index in [9.17, 15) is 8.42 Å². The Bertz CT molecular complexity index is 647. The normalized spacial score (nSPS) is 21.9. The molecular weight excluding hydrogens is 398 g/mol. The van der Waals surface area contributed by atoms with Crippen molar-refractivity contribution in [3.05, 3.63) is 28.7 Å². The Hall–Kier alpha value is -0.730. The average Bonchev–Trinajstić information content (AvgIpc) is 2.85. The maximum absolute atomic E-state index is 11.5. The summed E-state index contributed by atoms with van der Waals surface area (Å²) >= 11 is 5.22. The first-order valence-electron chi connectivity index (χ1n) is 7.48. The zero-order chi connectivity index (χ0) is 16.9. The Morgan fingerprint density at radius 1 is 1.43 bits per heavy atom. The second kappa shape index (κ2) is 8.39. The molecule has 2 rings (SSSR count). The Kier molecular flexibility index (Phi) is 6.79. The summed E-state index contributed by atoms with van der Waals surface area (Å²) in [4.78, 5) is 5.39. The van der Waals surface area contributed by atoms with Crippen LogP contribution in [-0.4, -0.2) is 50.8 Å². The number of thioether (sulfide) groups is 1. The van der Waals surface area contributed by atoms with Gasteiger partial charge in [0.1, 0.15) is 0 Å². The van der Waals surface area contributed by atoms with Gasteiger partial charge in [-0.3, -0.25) is 4.99 Å². The summed E-state index contributed by atoms with van der Waals surface area (Å²) < 4.78 is 24.1. The number of hydrogen-bond acceptors (Lipinski definition) is 4. The van der Waals surface area contributed by atoms with Gasteiger partial charge in [0, 0.05) is 34.3 Å². The van der Waals surface area contributed by atoms with Crippen molar-refractivity contribution in [1.82, 2.24) is 10.6 Å². The van der Waals surface area contributed by atoms with Crippen LogP contribution in [0.15, 0.2) is 38.6 Å². The van der Waals surface area contributed by atoms with E-state index in [0.717, 1.165) is 11.0 Å². The molecule has 0 radical (unpaired) electrons. The minimum absolute atomic E-state index is 0.0411. The molecule has 0 saturated carbocycles. The number of aliphatic imine (C=N–C) groups is 1. The van der Waals surface area contributed by atoms with Crippen LogP contribution in [0.25, 0.3) is 0 Å². The predicted octanol–water partition coefficient (Wildman–Crippen LogP) is 2.28. The highest BCUT2D eigenvalue weighted by Gasteiger charge is 2.28. The molecule has 5 nitrogen and oxygen atoms in total. The first kappa shape index (κ1) is 18.6. The largest absolute Gasteiger partial charge is 0.355 e. The van der Waals surface area contributed by atoms with Crippen LogP contribution in [0, 0.1) is 0 Å². The summed E-state index contributed by atoms with van der Waals surface area (Å²) in [7, 11) is -1.18. The van der Waals surface area contributed by atoms with Gasteiger partial charge in [0.15, 0.2) is 15.8 Å². The van der Waals surface area contributed by atoms with Crippen LogP contribution in [0.4, 0.5) is 0 Å². The summed E-state index contributed by atoms with van der Waals surface area (Å²) in [5, 5.41) is 6.82. The molecule has 0 amide bonds. The lowest BCUT2D eigenvalue weighted by Crippen LogP contribution is -2.45. The van der Waals surface area contributed by atoms with E-state index in [1.54, 1.807) is 18.8 Å². The fraction of sp³-hybridized carbons (Fsp3) is 0.533. The quantitative estimate of drug-likeness (QED) is 0.435. The number of halogens is 1. The molecule has 0 spiro atoms. The molecule has 8 heteroatoms. The van der Waals surface area contributed by atoms with Gasteiger partial charge in [-0.05, 0) is 30.7 Å². The fourth-order valence-electron chi connectivity index (χ4n) is 2.32. The van der Waals surface area contributed by atoms with Gasteiger partial charge >= 0.3 is 0 Å². The van der Waals surface area contributed by atoms with Crippen LogP contribution >= 0.6 is 27.7 Å². The zero-order valence-corrected chi connectivity index (χ0v) is 16.5. The van der Waals surface area contributed by atoms with Crippen molar-refractivity contribution in [2.75, 3.05) is 25.1 Å². The number of nitrogens with one attached hydrogen (secondary N) is 2. The van der Waals surface area contributed by atoms with Crippen molar-refractivity contribution < 1.29 is 8.42 Å². The second-order valence-corrected chi connectivity index (χ2v) is 10.2. The molecule has 1 heterocycles. The van der Waals surface area contributed by atoms with E-state index in [0.29, 0.717) is 17.6 Å². The molecule has 2 atom stereocenters. The standard InChI is InChI=1S/C15H22BrN3O2S2/c1-11(22-14-5-3-12(16)4-6-14)9-18-15(17-2)19-13-7-8-23(20,21)10-13/h3-6,11,13H,7-10H2,1-2H3,(H2,17,18,19). The topological polar surface area (TPSA) is 70.6 Å². The van der Waals surface area contributed by atoms with Crippen molar-refractivity contribution in [3.63, 3.8) is 0 Å². The molecule has 1 aromatic rings. The number of rotatable bonds is 5. The van der Waals surface area contributed by atoms with E-state index in [-0.39, 0.29) is 17.5 Å². The maximum Gasteiger partial charge on any atom is 0.191 e. The number of nitrogens with zero attached hydrogens (tertiary/aromatic N) is 1.